The summed E-state index contributed by atoms with van der Waals surface area (Å²) in [5.41, 5.74) is 6.38. The number of ether oxygens (including phenoxy) is 1. The van der Waals surface area contributed by atoms with Crippen LogP contribution in [0.5, 0.6) is 11.5 Å². The second-order valence-electron chi connectivity index (χ2n) is 8.17. The van der Waals surface area contributed by atoms with Crippen molar-refractivity contribution in [2.75, 3.05) is 0 Å². The molecule has 0 N–H and O–H groups in total. The molecule has 32 heavy (non-hydrogen) atoms. The predicted molar refractivity (Wildman–Crippen MR) is 129 cm³/mol. The monoisotopic (exact) mass is 413 g/mol. The Morgan fingerprint density at radius 2 is 1.75 bits per heavy atom. The third-order valence-corrected chi connectivity index (χ3v) is 6.37. The zero-order chi connectivity index (χ0) is 21.2. The third-order valence-electron chi connectivity index (χ3n) is 6.37. The molecule has 0 spiro atoms. The molecule has 1 aliphatic heterocycles. The molecule has 4 aromatic carbocycles. The topological polar surface area (TPSA) is 39.9 Å². The number of hydrogen-bond acceptors (Lipinski definition) is 3. The molecule has 0 amide bonds. The molecule has 0 bridgehead atoms. The Balaban J connectivity index is 1.54. The zero-order valence-corrected chi connectivity index (χ0v) is 17.5. The fourth-order valence-corrected chi connectivity index (χ4v) is 4.94. The van der Waals surface area contributed by atoms with E-state index in [1.165, 1.54) is 16.3 Å². The smallest absolute Gasteiger partial charge is 0.153 e. The Morgan fingerprint density at radius 1 is 0.844 bits per heavy atom. The van der Waals surface area contributed by atoms with Gasteiger partial charge in [-0.1, -0.05) is 49.4 Å². The lowest BCUT2D eigenvalue weighted by Gasteiger charge is -2.22. The molecule has 0 atom stereocenters. The van der Waals surface area contributed by atoms with Crippen LogP contribution in [0.1, 0.15) is 12.7 Å². The zero-order valence-electron chi connectivity index (χ0n) is 17.5. The second-order valence-corrected chi connectivity index (χ2v) is 8.17. The average molecular weight is 413 g/mol. The summed E-state index contributed by atoms with van der Waals surface area (Å²) in [6.07, 6.45) is 2.71. The number of hydrogen-bond donors (Lipinski definition) is 0. The molecule has 4 heteroatoms. The summed E-state index contributed by atoms with van der Waals surface area (Å²) in [5, 5.41) is 3.51. The largest absolute Gasteiger partial charge is 0.453 e. The maximum Gasteiger partial charge on any atom is 0.153 e. The van der Waals surface area contributed by atoms with Crippen LogP contribution >= 0.6 is 0 Å². The van der Waals surface area contributed by atoms with Gasteiger partial charge in [0, 0.05) is 23.4 Å². The highest BCUT2D eigenvalue weighted by atomic mass is 16.5. The van der Waals surface area contributed by atoms with Crippen LogP contribution < -0.4 is 4.74 Å². The van der Waals surface area contributed by atoms with Crippen LogP contribution in [-0.2, 0) is 6.42 Å². The van der Waals surface area contributed by atoms with Crippen LogP contribution in [-0.4, -0.2) is 14.5 Å². The highest BCUT2D eigenvalue weighted by Crippen LogP contribution is 2.44. The quantitative estimate of drug-likeness (QED) is 0.285. The Kier molecular flexibility index (Phi) is 3.50. The van der Waals surface area contributed by atoms with Gasteiger partial charge in [-0.2, -0.15) is 0 Å². The van der Waals surface area contributed by atoms with Crippen LogP contribution in [0.15, 0.2) is 85.1 Å². The summed E-state index contributed by atoms with van der Waals surface area (Å²) in [6.45, 7) is 2.14. The van der Waals surface area contributed by atoms with Gasteiger partial charge >= 0.3 is 0 Å². The van der Waals surface area contributed by atoms with E-state index in [0.29, 0.717) is 0 Å². The minimum atomic E-state index is 0.848. The number of nitrogens with zero attached hydrogens (tertiary/aromatic N) is 3. The Morgan fingerprint density at radius 3 is 2.69 bits per heavy atom. The number of para-hydroxylation sites is 1. The van der Waals surface area contributed by atoms with Crippen LogP contribution in [0.25, 0.3) is 49.5 Å². The van der Waals surface area contributed by atoms with Gasteiger partial charge in [0.2, 0.25) is 0 Å². The van der Waals surface area contributed by atoms with E-state index in [9.17, 15) is 0 Å². The second kappa shape index (κ2) is 6.41. The van der Waals surface area contributed by atoms with Gasteiger partial charge in [0.25, 0.3) is 0 Å². The molecular formula is C28H19N3O. The highest BCUT2D eigenvalue weighted by molar-refractivity contribution is 6.12. The van der Waals surface area contributed by atoms with Gasteiger partial charge in [-0.15, -0.1) is 0 Å². The van der Waals surface area contributed by atoms with Crippen molar-refractivity contribution < 1.29 is 4.74 Å². The van der Waals surface area contributed by atoms with Gasteiger partial charge in [-0.3, -0.25) is 9.55 Å². The van der Waals surface area contributed by atoms with E-state index in [1.807, 2.05) is 24.4 Å². The van der Waals surface area contributed by atoms with Crippen molar-refractivity contribution in [3.63, 3.8) is 0 Å². The number of rotatable bonds is 2. The Labute approximate surface area is 184 Å². The fourth-order valence-electron chi connectivity index (χ4n) is 4.94. The number of benzene rings is 4. The first kappa shape index (κ1) is 17.5. The van der Waals surface area contributed by atoms with Crippen LogP contribution in [0.3, 0.4) is 0 Å². The molecule has 0 radical (unpaired) electrons. The van der Waals surface area contributed by atoms with Gasteiger partial charge in [-0.25, -0.2) is 4.98 Å². The van der Waals surface area contributed by atoms with Crippen LogP contribution in [0, 0.1) is 0 Å². The van der Waals surface area contributed by atoms with E-state index in [-0.39, 0.29) is 0 Å². The van der Waals surface area contributed by atoms with Gasteiger partial charge < -0.3 is 4.74 Å². The van der Waals surface area contributed by atoms with E-state index < -0.39 is 0 Å². The normalized spacial score (nSPS) is 12.3. The molecule has 3 heterocycles. The molecule has 0 saturated heterocycles. The summed E-state index contributed by atoms with van der Waals surface area (Å²) < 4.78 is 8.54. The van der Waals surface area contributed by atoms with Gasteiger partial charge in [-0.05, 0) is 52.9 Å². The van der Waals surface area contributed by atoms with Gasteiger partial charge in [0.1, 0.15) is 11.3 Å². The van der Waals surface area contributed by atoms with Crippen LogP contribution in [0.2, 0.25) is 0 Å². The molecule has 0 aliphatic carbocycles. The van der Waals surface area contributed by atoms with Crippen molar-refractivity contribution in [2.24, 2.45) is 0 Å². The SMILES string of the molecule is CCc1nc2cccc3c2n1-c1cc(-c2cc4ccccc4c4ncccc24)ccc1O3. The number of aryl methyl sites for hydroxylation is 1. The fraction of sp³-hybridized carbons (Fsp3) is 0.0714. The van der Waals surface area contributed by atoms with Crippen LogP contribution in [0.4, 0.5) is 0 Å². The maximum absolute atomic E-state index is 6.28. The first-order chi connectivity index (χ1) is 15.8. The lowest BCUT2D eigenvalue weighted by Crippen LogP contribution is -2.07. The average Bonchev–Trinajstić information content (AvgIpc) is 3.24. The molecule has 1 aliphatic rings. The minimum Gasteiger partial charge on any atom is -0.453 e. The molecule has 0 unspecified atom stereocenters. The summed E-state index contributed by atoms with van der Waals surface area (Å²) in [6, 6.07) is 27.4. The maximum atomic E-state index is 6.28. The van der Waals surface area contributed by atoms with Crippen molar-refractivity contribution in [2.45, 2.75) is 13.3 Å². The Bertz CT molecular complexity index is 1700. The lowest BCUT2D eigenvalue weighted by atomic mass is 9.95. The Hall–Kier alpha value is -4.18. The molecule has 6 aromatic rings. The molecule has 4 nitrogen and oxygen atoms in total. The minimum absolute atomic E-state index is 0.848. The number of imidazole rings is 1. The molecule has 0 fully saturated rings. The molecule has 0 saturated carbocycles. The number of pyridine rings is 1. The summed E-state index contributed by atoms with van der Waals surface area (Å²) in [5.74, 6) is 2.75. The molecule has 7 rings (SSSR count). The van der Waals surface area contributed by atoms with Crippen molar-refractivity contribution in [3.05, 3.63) is 90.9 Å². The van der Waals surface area contributed by atoms with Crippen molar-refractivity contribution in [3.8, 4) is 28.3 Å². The first-order valence-electron chi connectivity index (χ1n) is 10.9. The lowest BCUT2D eigenvalue weighted by molar-refractivity contribution is 0.474. The third kappa shape index (κ3) is 2.32. The molecule has 2 aromatic heterocycles. The van der Waals surface area contributed by atoms with E-state index in [2.05, 4.69) is 72.2 Å². The van der Waals surface area contributed by atoms with E-state index in [4.69, 9.17) is 14.7 Å². The summed E-state index contributed by atoms with van der Waals surface area (Å²) in [4.78, 5) is 9.59. The molecular weight excluding hydrogens is 394 g/mol. The first-order valence-corrected chi connectivity index (χ1v) is 10.9. The standard InChI is InChI=1S/C28H19N3O/c1-2-26-30-22-10-5-11-25-28(22)31(26)23-16-18(12-13-24(23)32-25)21-15-17-7-3-4-8-19(17)27-20(21)9-6-14-29-27/h3-16H,2H2,1H3. The van der Waals surface area contributed by atoms with Gasteiger partial charge in [0.15, 0.2) is 11.5 Å². The highest BCUT2D eigenvalue weighted by Gasteiger charge is 2.24. The predicted octanol–water partition coefficient (Wildman–Crippen LogP) is 7.06. The van der Waals surface area contributed by atoms with Gasteiger partial charge in [0.05, 0.1) is 16.7 Å². The number of fused-ring (bicyclic) bond motifs is 5. The van der Waals surface area contributed by atoms with E-state index in [1.54, 1.807) is 0 Å². The van der Waals surface area contributed by atoms with E-state index >= 15 is 0 Å². The number of aromatic nitrogens is 3. The van der Waals surface area contributed by atoms with Crippen molar-refractivity contribution in [1.29, 1.82) is 0 Å². The van der Waals surface area contributed by atoms with Crippen molar-refractivity contribution in [1.82, 2.24) is 14.5 Å². The summed E-state index contributed by atoms with van der Waals surface area (Å²) >= 11 is 0. The summed E-state index contributed by atoms with van der Waals surface area (Å²) in [7, 11) is 0. The molecule has 152 valence electrons. The van der Waals surface area contributed by atoms with Crippen molar-refractivity contribution >= 4 is 32.7 Å². The van der Waals surface area contributed by atoms with E-state index in [0.717, 1.165) is 56.9 Å².